The van der Waals surface area contributed by atoms with Crippen LogP contribution in [-0.4, -0.2) is 50.8 Å². The summed E-state index contributed by atoms with van der Waals surface area (Å²) in [6, 6.07) is 0.605. The van der Waals surface area contributed by atoms with Gasteiger partial charge in [-0.1, -0.05) is 6.42 Å². The van der Waals surface area contributed by atoms with Gasteiger partial charge < -0.3 is 10.1 Å². The van der Waals surface area contributed by atoms with Crippen LogP contribution in [0.2, 0.25) is 0 Å². The van der Waals surface area contributed by atoms with Crippen molar-refractivity contribution < 1.29 is 4.74 Å². The third-order valence-electron chi connectivity index (χ3n) is 5.14. The average molecular weight is 238 g/mol. The lowest BCUT2D eigenvalue weighted by Crippen LogP contribution is -2.51. The summed E-state index contributed by atoms with van der Waals surface area (Å²) >= 11 is 0. The van der Waals surface area contributed by atoms with Crippen LogP contribution in [0.5, 0.6) is 0 Å². The fourth-order valence-electron chi connectivity index (χ4n) is 4.25. The Hall–Kier alpha value is -0.120. The fraction of sp³-hybridized carbons (Fsp3) is 1.00. The summed E-state index contributed by atoms with van der Waals surface area (Å²) in [5, 5.41) is 3.30. The Morgan fingerprint density at radius 1 is 1.29 bits per heavy atom. The highest BCUT2D eigenvalue weighted by atomic mass is 16.5. The molecule has 17 heavy (non-hydrogen) atoms. The summed E-state index contributed by atoms with van der Waals surface area (Å²) in [6.07, 6.45) is 6.07. The van der Waals surface area contributed by atoms with E-state index in [1.54, 1.807) is 0 Å². The van der Waals surface area contributed by atoms with E-state index in [-0.39, 0.29) is 0 Å². The van der Waals surface area contributed by atoms with Crippen LogP contribution >= 0.6 is 0 Å². The van der Waals surface area contributed by atoms with E-state index < -0.39 is 0 Å². The molecule has 4 unspecified atom stereocenters. The van der Waals surface area contributed by atoms with Gasteiger partial charge in [0.25, 0.3) is 0 Å². The van der Waals surface area contributed by atoms with Crippen molar-refractivity contribution in [2.45, 2.75) is 31.7 Å². The van der Waals surface area contributed by atoms with Crippen molar-refractivity contribution in [1.82, 2.24) is 10.2 Å². The topological polar surface area (TPSA) is 24.5 Å². The standard InChI is InChI=1S/C14H26N2O/c1-15-8-14-10-17-5-4-16(14)9-13-7-11-2-3-12(13)6-11/h11-15H,2-10H2,1H3. The summed E-state index contributed by atoms with van der Waals surface area (Å²) in [5.74, 6) is 3.12. The molecule has 0 spiro atoms. The molecule has 2 aliphatic carbocycles. The molecule has 0 aromatic rings. The molecule has 1 N–H and O–H groups in total. The van der Waals surface area contributed by atoms with E-state index >= 15 is 0 Å². The molecule has 3 aliphatic rings. The molecule has 0 radical (unpaired) electrons. The van der Waals surface area contributed by atoms with Gasteiger partial charge in [-0.2, -0.15) is 0 Å². The molecule has 1 saturated heterocycles. The van der Waals surface area contributed by atoms with E-state index in [0.29, 0.717) is 6.04 Å². The molecule has 0 amide bonds. The third kappa shape index (κ3) is 2.51. The zero-order chi connectivity index (χ0) is 11.7. The van der Waals surface area contributed by atoms with Gasteiger partial charge in [0.15, 0.2) is 0 Å². The van der Waals surface area contributed by atoms with Crippen LogP contribution in [0.15, 0.2) is 0 Å². The Bertz CT molecular complexity index is 257. The van der Waals surface area contributed by atoms with Crippen molar-refractivity contribution in [3.63, 3.8) is 0 Å². The lowest BCUT2D eigenvalue weighted by molar-refractivity contribution is -0.0166. The lowest BCUT2D eigenvalue weighted by atomic mass is 9.88. The van der Waals surface area contributed by atoms with Gasteiger partial charge in [-0.15, -0.1) is 0 Å². The summed E-state index contributed by atoms with van der Waals surface area (Å²) < 4.78 is 5.61. The van der Waals surface area contributed by atoms with Gasteiger partial charge >= 0.3 is 0 Å². The van der Waals surface area contributed by atoms with Crippen LogP contribution in [0, 0.1) is 17.8 Å². The second-order valence-corrected chi connectivity index (χ2v) is 6.22. The summed E-state index contributed by atoms with van der Waals surface area (Å²) in [7, 11) is 2.05. The number of nitrogens with zero attached hydrogens (tertiary/aromatic N) is 1. The van der Waals surface area contributed by atoms with Crippen LogP contribution in [-0.2, 0) is 4.74 Å². The number of morpholine rings is 1. The van der Waals surface area contributed by atoms with Gasteiger partial charge in [0, 0.05) is 25.7 Å². The molecule has 1 heterocycles. The highest BCUT2D eigenvalue weighted by Crippen LogP contribution is 2.48. The third-order valence-corrected chi connectivity index (χ3v) is 5.14. The van der Waals surface area contributed by atoms with Gasteiger partial charge in [0.05, 0.1) is 13.2 Å². The molecule has 0 aromatic heterocycles. The van der Waals surface area contributed by atoms with E-state index in [9.17, 15) is 0 Å². The Morgan fingerprint density at radius 3 is 2.94 bits per heavy atom. The van der Waals surface area contributed by atoms with Crippen molar-refractivity contribution in [3.8, 4) is 0 Å². The molecule has 0 aromatic carbocycles. The Balaban J connectivity index is 1.55. The lowest BCUT2D eigenvalue weighted by Gasteiger charge is -2.38. The SMILES string of the molecule is CNCC1COCCN1CC1CC2CCC1C2. The summed E-state index contributed by atoms with van der Waals surface area (Å²) in [6.45, 7) is 5.39. The Kier molecular flexibility index (Phi) is 3.69. The zero-order valence-electron chi connectivity index (χ0n) is 11.0. The molecule has 4 atom stereocenters. The van der Waals surface area contributed by atoms with E-state index in [1.807, 2.05) is 7.05 Å². The highest BCUT2D eigenvalue weighted by molar-refractivity contribution is 4.92. The Morgan fingerprint density at radius 2 is 2.24 bits per heavy atom. The molecule has 3 nitrogen and oxygen atoms in total. The van der Waals surface area contributed by atoms with Crippen LogP contribution in [0.4, 0.5) is 0 Å². The van der Waals surface area contributed by atoms with E-state index in [1.165, 1.54) is 32.2 Å². The van der Waals surface area contributed by atoms with Crippen LogP contribution in [0.25, 0.3) is 0 Å². The largest absolute Gasteiger partial charge is 0.378 e. The van der Waals surface area contributed by atoms with Crippen molar-refractivity contribution in [3.05, 3.63) is 0 Å². The number of rotatable bonds is 4. The van der Waals surface area contributed by atoms with Gasteiger partial charge in [0.2, 0.25) is 0 Å². The van der Waals surface area contributed by atoms with Crippen LogP contribution in [0.3, 0.4) is 0 Å². The van der Waals surface area contributed by atoms with E-state index in [0.717, 1.165) is 44.1 Å². The minimum atomic E-state index is 0.605. The minimum Gasteiger partial charge on any atom is -0.378 e. The number of nitrogens with one attached hydrogen (secondary N) is 1. The molecule has 3 heteroatoms. The first-order chi connectivity index (χ1) is 8.36. The minimum absolute atomic E-state index is 0.605. The Labute approximate surface area is 105 Å². The maximum absolute atomic E-state index is 5.61. The van der Waals surface area contributed by atoms with Gasteiger partial charge in [0.1, 0.15) is 0 Å². The first kappa shape index (κ1) is 11.9. The molecular formula is C14H26N2O. The van der Waals surface area contributed by atoms with E-state index in [2.05, 4.69) is 10.2 Å². The predicted octanol–water partition coefficient (Wildman–Crippen LogP) is 1.34. The van der Waals surface area contributed by atoms with E-state index in [4.69, 9.17) is 4.74 Å². The maximum Gasteiger partial charge on any atom is 0.0634 e. The quantitative estimate of drug-likeness (QED) is 0.800. The molecule has 98 valence electrons. The van der Waals surface area contributed by atoms with Crippen molar-refractivity contribution >= 4 is 0 Å². The zero-order valence-corrected chi connectivity index (χ0v) is 11.0. The van der Waals surface area contributed by atoms with Gasteiger partial charge in [-0.25, -0.2) is 0 Å². The highest BCUT2D eigenvalue weighted by Gasteiger charge is 2.40. The number of fused-ring (bicyclic) bond motifs is 2. The summed E-state index contributed by atoms with van der Waals surface area (Å²) in [4.78, 5) is 2.69. The first-order valence-electron chi connectivity index (χ1n) is 7.33. The number of likely N-dealkylation sites (N-methyl/N-ethyl adjacent to an activating group) is 1. The second-order valence-electron chi connectivity index (χ2n) is 6.22. The van der Waals surface area contributed by atoms with Crippen molar-refractivity contribution in [1.29, 1.82) is 0 Å². The second kappa shape index (κ2) is 5.25. The number of hydrogen-bond acceptors (Lipinski definition) is 3. The van der Waals surface area contributed by atoms with Crippen LogP contribution in [0.1, 0.15) is 25.7 Å². The molecule has 2 bridgehead atoms. The predicted molar refractivity (Wildman–Crippen MR) is 69.0 cm³/mol. The normalized spacial score (nSPS) is 42.2. The van der Waals surface area contributed by atoms with Gasteiger partial charge in [-0.3, -0.25) is 4.90 Å². The molecule has 3 fully saturated rings. The summed E-state index contributed by atoms with van der Waals surface area (Å²) in [5.41, 5.74) is 0. The maximum atomic E-state index is 5.61. The number of hydrogen-bond donors (Lipinski definition) is 1. The molecule has 1 aliphatic heterocycles. The first-order valence-corrected chi connectivity index (χ1v) is 7.33. The van der Waals surface area contributed by atoms with Crippen molar-refractivity contribution in [2.24, 2.45) is 17.8 Å². The number of ether oxygens (including phenoxy) is 1. The molecular weight excluding hydrogens is 212 g/mol. The van der Waals surface area contributed by atoms with Gasteiger partial charge in [-0.05, 0) is 44.1 Å². The smallest absolute Gasteiger partial charge is 0.0634 e. The molecule has 2 saturated carbocycles. The fourth-order valence-corrected chi connectivity index (χ4v) is 4.25. The van der Waals surface area contributed by atoms with Crippen molar-refractivity contribution in [2.75, 3.05) is 39.9 Å². The van der Waals surface area contributed by atoms with Crippen LogP contribution < -0.4 is 5.32 Å². The molecule has 3 rings (SSSR count). The monoisotopic (exact) mass is 238 g/mol. The average Bonchev–Trinajstić information content (AvgIpc) is 2.94.